The van der Waals surface area contributed by atoms with Crippen molar-refractivity contribution in [2.75, 3.05) is 0 Å². The zero-order chi connectivity index (χ0) is 14.0. The minimum atomic E-state index is -0.964. The van der Waals surface area contributed by atoms with Crippen molar-refractivity contribution in [1.29, 1.82) is 0 Å². The number of aliphatic hydroxyl groups is 1. The fraction of sp³-hybridized carbons (Fsp3) is 0.143. The summed E-state index contributed by atoms with van der Waals surface area (Å²) >= 11 is 11.3. The third-order valence-corrected chi connectivity index (χ3v) is 3.21. The van der Waals surface area contributed by atoms with Gasteiger partial charge in [0.05, 0.1) is 11.1 Å². The number of halogens is 4. The number of hydrogen-bond acceptors (Lipinski definition) is 1. The number of rotatable bonds is 3. The van der Waals surface area contributed by atoms with Gasteiger partial charge in [0.15, 0.2) is 0 Å². The molecule has 0 amide bonds. The monoisotopic (exact) mass is 302 g/mol. The molecule has 1 atom stereocenters. The maximum Gasteiger partial charge on any atom is 0.142 e. The van der Waals surface area contributed by atoms with Gasteiger partial charge in [-0.3, -0.25) is 0 Å². The number of hydrogen-bond donors (Lipinski definition) is 1. The van der Waals surface area contributed by atoms with Crippen LogP contribution in [0.25, 0.3) is 0 Å². The molecule has 0 fully saturated rings. The highest BCUT2D eigenvalue weighted by Crippen LogP contribution is 2.24. The molecule has 0 saturated carbocycles. The molecule has 2 aromatic rings. The van der Waals surface area contributed by atoms with E-state index < -0.39 is 17.7 Å². The Hall–Kier alpha value is -1.16. The molecule has 2 rings (SSSR count). The van der Waals surface area contributed by atoms with Crippen LogP contribution in [-0.4, -0.2) is 5.11 Å². The standard InChI is InChI=1S/C14H10Cl2F2O/c15-10-5-9(6-11(17)7-10)14(19)4-8-1-2-12(16)13(18)3-8/h1-3,5-7,14,19H,4H2. The molecule has 1 nitrogen and oxygen atoms in total. The molecular weight excluding hydrogens is 293 g/mol. The van der Waals surface area contributed by atoms with Crippen LogP contribution >= 0.6 is 23.2 Å². The van der Waals surface area contributed by atoms with Gasteiger partial charge >= 0.3 is 0 Å². The lowest BCUT2D eigenvalue weighted by atomic mass is 10.0. The lowest BCUT2D eigenvalue weighted by molar-refractivity contribution is 0.178. The highest BCUT2D eigenvalue weighted by Gasteiger charge is 2.12. The molecule has 0 aliphatic heterocycles. The minimum absolute atomic E-state index is 0.0204. The van der Waals surface area contributed by atoms with Crippen LogP contribution in [0.3, 0.4) is 0 Å². The largest absolute Gasteiger partial charge is 0.388 e. The van der Waals surface area contributed by atoms with E-state index in [1.54, 1.807) is 6.07 Å². The van der Waals surface area contributed by atoms with Crippen LogP contribution in [0.2, 0.25) is 10.0 Å². The average molecular weight is 303 g/mol. The predicted molar refractivity (Wildman–Crippen MR) is 71.5 cm³/mol. The van der Waals surface area contributed by atoms with Gasteiger partial charge in [-0.2, -0.15) is 0 Å². The van der Waals surface area contributed by atoms with E-state index in [1.807, 2.05) is 0 Å². The SMILES string of the molecule is OC(Cc1ccc(Cl)c(F)c1)c1cc(F)cc(Cl)c1. The van der Waals surface area contributed by atoms with Crippen molar-refractivity contribution in [3.05, 3.63) is 69.2 Å². The molecule has 0 saturated heterocycles. The Labute approximate surface area is 119 Å². The summed E-state index contributed by atoms with van der Waals surface area (Å²) in [6.45, 7) is 0. The summed E-state index contributed by atoms with van der Waals surface area (Å²) in [5.74, 6) is -1.08. The van der Waals surface area contributed by atoms with Gasteiger partial charge in [0.2, 0.25) is 0 Å². The van der Waals surface area contributed by atoms with Gasteiger partial charge in [0, 0.05) is 11.4 Å². The Morgan fingerprint density at radius 2 is 1.79 bits per heavy atom. The topological polar surface area (TPSA) is 20.2 Å². The summed E-state index contributed by atoms with van der Waals surface area (Å²) in [7, 11) is 0. The van der Waals surface area contributed by atoms with E-state index in [1.165, 1.54) is 24.3 Å². The summed E-state index contributed by atoms with van der Waals surface area (Å²) in [5.41, 5.74) is 0.912. The molecule has 5 heteroatoms. The number of benzene rings is 2. The van der Waals surface area contributed by atoms with E-state index in [-0.39, 0.29) is 16.5 Å². The lowest BCUT2D eigenvalue weighted by Crippen LogP contribution is -2.03. The van der Waals surface area contributed by atoms with Gasteiger partial charge in [-0.05, 0) is 41.5 Å². The van der Waals surface area contributed by atoms with Crippen molar-refractivity contribution in [2.24, 2.45) is 0 Å². The Bertz CT molecular complexity index is 582. The zero-order valence-electron chi connectivity index (χ0n) is 9.71. The first-order valence-electron chi connectivity index (χ1n) is 5.53. The average Bonchev–Trinajstić information content (AvgIpc) is 2.32. The molecule has 0 heterocycles. The van der Waals surface area contributed by atoms with Gasteiger partial charge in [-0.25, -0.2) is 8.78 Å². The van der Waals surface area contributed by atoms with E-state index in [2.05, 4.69) is 0 Å². The molecule has 1 N–H and O–H groups in total. The lowest BCUT2D eigenvalue weighted by Gasteiger charge is -2.12. The van der Waals surface area contributed by atoms with Crippen LogP contribution < -0.4 is 0 Å². The molecule has 19 heavy (non-hydrogen) atoms. The summed E-state index contributed by atoms with van der Waals surface area (Å²) in [5, 5.41) is 10.2. The van der Waals surface area contributed by atoms with Crippen molar-refractivity contribution in [3.63, 3.8) is 0 Å². The zero-order valence-corrected chi connectivity index (χ0v) is 11.2. The van der Waals surface area contributed by atoms with Crippen LogP contribution in [-0.2, 0) is 6.42 Å². The predicted octanol–water partition coefficient (Wildman–Crippen LogP) is 4.55. The van der Waals surface area contributed by atoms with Crippen molar-refractivity contribution in [2.45, 2.75) is 12.5 Å². The molecule has 1 unspecified atom stereocenters. The second-order valence-electron chi connectivity index (χ2n) is 4.17. The quantitative estimate of drug-likeness (QED) is 0.882. The molecular formula is C14H10Cl2F2O. The third kappa shape index (κ3) is 3.66. The summed E-state index contributed by atoms with van der Waals surface area (Å²) in [6, 6.07) is 8.09. The molecule has 0 aromatic heterocycles. The summed E-state index contributed by atoms with van der Waals surface area (Å²) in [6.07, 6.45) is -0.817. The van der Waals surface area contributed by atoms with Gasteiger partial charge in [-0.1, -0.05) is 29.3 Å². The normalized spacial score (nSPS) is 12.5. The first-order chi connectivity index (χ1) is 8.95. The Morgan fingerprint density at radius 1 is 1.05 bits per heavy atom. The van der Waals surface area contributed by atoms with E-state index in [9.17, 15) is 13.9 Å². The molecule has 0 radical (unpaired) electrons. The Kier molecular flexibility index (Phi) is 4.40. The molecule has 0 bridgehead atoms. The van der Waals surface area contributed by atoms with E-state index in [4.69, 9.17) is 23.2 Å². The van der Waals surface area contributed by atoms with Crippen LogP contribution in [0.1, 0.15) is 17.2 Å². The van der Waals surface area contributed by atoms with Gasteiger partial charge < -0.3 is 5.11 Å². The maximum absolute atomic E-state index is 13.3. The highest BCUT2D eigenvalue weighted by atomic mass is 35.5. The van der Waals surface area contributed by atoms with Crippen LogP contribution in [0.5, 0.6) is 0 Å². The van der Waals surface area contributed by atoms with Crippen molar-refractivity contribution < 1.29 is 13.9 Å². The molecule has 0 aliphatic rings. The molecule has 0 aliphatic carbocycles. The van der Waals surface area contributed by atoms with Gasteiger partial charge in [0.25, 0.3) is 0 Å². The highest BCUT2D eigenvalue weighted by molar-refractivity contribution is 6.31. The van der Waals surface area contributed by atoms with Crippen molar-refractivity contribution in [1.82, 2.24) is 0 Å². The summed E-state index contributed by atoms with van der Waals surface area (Å²) < 4.78 is 26.4. The molecule has 100 valence electrons. The smallest absolute Gasteiger partial charge is 0.142 e. The number of aliphatic hydroxyl groups excluding tert-OH is 1. The van der Waals surface area contributed by atoms with Gasteiger partial charge in [0.1, 0.15) is 11.6 Å². The Balaban J connectivity index is 2.20. The van der Waals surface area contributed by atoms with Crippen molar-refractivity contribution >= 4 is 23.2 Å². The second kappa shape index (κ2) is 5.87. The first kappa shape index (κ1) is 14.3. The minimum Gasteiger partial charge on any atom is -0.388 e. The molecule has 2 aromatic carbocycles. The van der Waals surface area contributed by atoms with Crippen LogP contribution in [0.15, 0.2) is 36.4 Å². The van der Waals surface area contributed by atoms with E-state index >= 15 is 0 Å². The van der Waals surface area contributed by atoms with Crippen LogP contribution in [0, 0.1) is 11.6 Å². The van der Waals surface area contributed by atoms with Crippen molar-refractivity contribution in [3.8, 4) is 0 Å². The van der Waals surface area contributed by atoms with E-state index in [0.29, 0.717) is 11.1 Å². The fourth-order valence-corrected chi connectivity index (χ4v) is 2.12. The van der Waals surface area contributed by atoms with Crippen LogP contribution in [0.4, 0.5) is 8.78 Å². The maximum atomic E-state index is 13.3. The Morgan fingerprint density at radius 3 is 2.42 bits per heavy atom. The summed E-state index contributed by atoms with van der Waals surface area (Å²) in [4.78, 5) is 0. The van der Waals surface area contributed by atoms with Gasteiger partial charge in [-0.15, -0.1) is 0 Å². The van der Waals surface area contributed by atoms with E-state index in [0.717, 1.165) is 6.07 Å². The second-order valence-corrected chi connectivity index (χ2v) is 5.01. The fourth-order valence-electron chi connectivity index (χ4n) is 1.78. The molecule has 0 spiro atoms. The first-order valence-corrected chi connectivity index (χ1v) is 6.29. The third-order valence-electron chi connectivity index (χ3n) is 2.68.